The van der Waals surface area contributed by atoms with Crippen LogP contribution in [0.3, 0.4) is 0 Å². The molecule has 0 aliphatic heterocycles. The van der Waals surface area contributed by atoms with Gasteiger partial charge in [0.15, 0.2) is 11.6 Å². The average molecular weight is 328 g/mol. The molecule has 3 aromatic rings. The smallest absolute Gasteiger partial charge is 0.159 e. The van der Waals surface area contributed by atoms with Crippen LogP contribution in [0.4, 0.5) is 8.78 Å². The van der Waals surface area contributed by atoms with Crippen LogP contribution in [0, 0.1) is 18.6 Å². The van der Waals surface area contributed by atoms with Crippen molar-refractivity contribution >= 4 is 10.9 Å². The summed E-state index contributed by atoms with van der Waals surface area (Å²) in [6, 6.07) is 12.4. The minimum Gasteiger partial charge on any atom is -0.345 e. The fourth-order valence-electron chi connectivity index (χ4n) is 3.52. The highest BCUT2D eigenvalue weighted by molar-refractivity contribution is 5.85. The molecule has 4 heteroatoms. The number of hydrogen-bond donors (Lipinski definition) is 1. The van der Waals surface area contributed by atoms with Gasteiger partial charge in [0.1, 0.15) is 0 Å². The molecule has 1 aromatic heterocycles. The van der Waals surface area contributed by atoms with Gasteiger partial charge in [-0.1, -0.05) is 24.3 Å². The van der Waals surface area contributed by atoms with Gasteiger partial charge in [-0.15, -0.1) is 0 Å². The zero-order valence-corrected chi connectivity index (χ0v) is 14.0. The van der Waals surface area contributed by atoms with Crippen molar-refractivity contribution < 1.29 is 8.78 Å². The molecule has 1 atom stereocenters. The van der Waals surface area contributed by atoms with E-state index in [9.17, 15) is 8.78 Å². The molecule has 1 heterocycles. The van der Waals surface area contributed by atoms with E-state index in [1.807, 2.05) is 12.1 Å². The van der Waals surface area contributed by atoms with Crippen molar-refractivity contribution in [1.82, 2.24) is 4.57 Å². The van der Waals surface area contributed by atoms with Crippen LogP contribution in [0.25, 0.3) is 10.9 Å². The molecule has 3 rings (SSSR count). The molecule has 0 bridgehead atoms. The summed E-state index contributed by atoms with van der Waals surface area (Å²) in [7, 11) is 0. The Morgan fingerprint density at radius 3 is 2.50 bits per heavy atom. The lowest BCUT2D eigenvalue weighted by molar-refractivity contribution is 0.505. The second-order valence-electron chi connectivity index (χ2n) is 6.14. The number of aryl methyl sites for hydroxylation is 1. The van der Waals surface area contributed by atoms with E-state index in [1.54, 1.807) is 6.07 Å². The third-order valence-corrected chi connectivity index (χ3v) is 4.83. The summed E-state index contributed by atoms with van der Waals surface area (Å²) in [4.78, 5) is 0. The molecule has 2 nitrogen and oxygen atoms in total. The SMILES string of the molecule is CCn1c(C)c(CC(CN)c2ccc(F)c(F)c2)c2ccccc21. The first-order chi connectivity index (χ1) is 11.6. The van der Waals surface area contributed by atoms with Gasteiger partial charge < -0.3 is 10.3 Å². The highest BCUT2D eigenvalue weighted by Gasteiger charge is 2.19. The zero-order valence-electron chi connectivity index (χ0n) is 14.0. The molecule has 0 saturated carbocycles. The molecule has 24 heavy (non-hydrogen) atoms. The van der Waals surface area contributed by atoms with Gasteiger partial charge in [0, 0.05) is 29.1 Å². The molecular formula is C20H22F2N2. The Balaban J connectivity index is 2.04. The van der Waals surface area contributed by atoms with Gasteiger partial charge in [-0.3, -0.25) is 0 Å². The first-order valence-corrected chi connectivity index (χ1v) is 8.28. The summed E-state index contributed by atoms with van der Waals surface area (Å²) >= 11 is 0. The number of para-hydroxylation sites is 1. The normalized spacial score (nSPS) is 12.7. The van der Waals surface area contributed by atoms with E-state index < -0.39 is 11.6 Å². The Morgan fingerprint density at radius 2 is 1.83 bits per heavy atom. The van der Waals surface area contributed by atoms with Crippen molar-refractivity contribution in [2.45, 2.75) is 32.7 Å². The lowest BCUT2D eigenvalue weighted by atomic mass is 9.90. The lowest BCUT2D eigenvalue weighted by Gasteiger charge is -2.16. The molecule has 2 N–H and O–H groups in total. The maximum Gasteiger partial charge on any atom is 0.159 e. The van der Waals surface area contributed by atoms with Crippen molar-refractivity contribution in [3.05, 3.63) is 70.9 Å². The third kappa shape index (κ3) is 2.82. The van der Waals surface area contributed by atoms with Crippen molar-refractivity contribution in [1.29, 1.82) is 0 Å². The fourth-order valence-corrected chi connectivity index (χ4v) is 3.52. The zero-order chi connectivity index (χ0) is 17.3. The van der Waals surface area contributed by atoms with Crippen molar-refractivity contribution in [2.24, 2.45) is 5.73 Å². The number of aromatic nitrogens is 1. The van der Waals surface area contributed by atoms with Gasteiger partial charge in [0.05, 0.1) is 0 Å². The van der Waals surface area contributed by atoms with Crippen molar-refractivity contribution in [3.8, 4) is 0 Å². The summed E-state index contributed by atoms with van der Waals surface area (Å²) < 4.78 is 29.1. The van der Waals surface area contributed by atoms with E-state index in [2.05, 4.69) is 30.5 Å². The van der Waals surface area contributed by atoms with Gasteiger partial charge in [0.2, 0.25) is 0 Å². The minimum atomic E-state index is -0.826. The number of nitrogens with two attached hydrogens (primary N) is 1. The molecule has 0 spiro atoms. The number of rotatable bonds is 5. The molecule has 0 aliphatic rings. The average Bonchev–Trinajstić information content (AvgIpc) is 2.86. The van der Waals surface area contributed by atoms with Gasteiger partial charge in [-0.05, 0) is 56.1 Å². The Hall–Kier alpha value is -2.20. The fraction of sp³-hybridized carbons (Fsp3) is 0.300. The molecular weight excluding hydrogens is 306 g/mol. The predicted octanol–water partition coefficient (Wildman–Crippen LogP) is 4.53. The highest BCUT2D eigenvalue weighted by Crippen LogP contribution is 2.31. The second-order valence-corrected chi connectivity index (χ2v) is 6.14. The molecule has 0 saturated heterocycles. The van der Waals surface area contributed by atoms with Crippen LogP contribution < -0.4 is 5.73 Å². The summed E-state index contributed by atoms with van der Waals surface area (Å²) in [6.07, 6.45) is 0.709. The largest absolute Gasteiger partial charge is 0.345 e. The Kier molecular flexibility index (Phi) is 4.67. The summed E-state index contributed by atoms with van der Waals surface area (Å²) in [5.41, 5.74) is 10.3. The maximum atomic E-state index is 13.6. The van der Waals surface area contributed by atoms with E-state index in [0.29, 0.717) is 13.0 Å². The van der Waals surface area contributed by atoms with E-state index in [1.165, 1.54) is 34.3 Å². The van der Waals surface area contributed by atoms with E-state index in [0.717, 1.165) is 12.1 Å². The van der Waals surface area contributed by atoms with Crippen LogP contribution >= 0.6 is 0 Å². The van der Waals surface area contributed by atoms with Gasteiger partial charge in [-0.25, -0.2) is 8.78 Å². The molecule has 2 aromatic carbocycles. The number of fused-ring (bicyclic) bond motifs is 1. The van der Waals surface area contributed by atoms with Crippen LogP contribution in [-0.4, -0.2) is 11.1 Å². The number of benzene rings is 2. The Labute approximate surface area is 140 Å². The van der Waals surface area contributed by atoms with Crippen LogP contribution in [0.5, 0.6) is 0 Å². The first kappa shape index (κ1) is 16.7. The van der Waals surface area contributed by atoms with Gasteiger partial charge in [-0.2, -0.15) is 0 Å². The van der Waals surface area contributed by atoms with Crippen LogP contribution in [0.15, 0.2) is 42.5 Å². The minimum absolute atomic E-state index is 0.0464. The molecule has 0 amide bonds. The number of halogens is 2. The molecule has 1 unspecified atom stereocenters. The highest BCUT2D eigenvalue weighted by atomic mass is 19.2. The third-order valence-electron chi connectivity index (χ3n) is 4.83. The Bertz CT molecular complexity index is 867. The molecule has 0 radical (unpaired) electrons. The number of hydrogen-bond acceptors (Lipinski definition) is 1. The maximum absolute atomic E-state index is 13.6. The van der Waals surface area contributed by atoms with E-state index in [-0.39, 0.29) is 5.92 Å². The standard InChI is InChI=1S/C20H22F2N2/c1-3-24-13(2)17(16-6-4-5-7-20(16)24)10-15(12-23)14-8-9-18(21)19(22)11-14/h4-9,11,15H,3,10,12,23H2,1-2H3. The molecule has 0 fully saturated rings. The monoisotopic (exact) mass is 328 g/mol. The van der Waals surface area contributed by atoms with Crippen LogP contribution in [0.1, 0.15) is 29.7 Å². The molecule has 126 valence electrons. The van der Waals surface area contributed by atoms with Gasteiger partial charge in [0.25, 0.3) is 0 Å². The summed E-state index contributed by atoms with van der Waals surface area (Å²) in [5.74, 6) is -1.69. The predicted molar refractivity (Wildman–Crippen MR) is 94.2 cm³/mol. The number of nitrogens with zero attached hydrogens (tertiary/aromatic N) is 1. The topological polar surface area (TPSA) is 30.9 Å². The molecule has 0 aliphatic carbocycles. The quantitative estimate of drug-likeness (QED) is 0.733. The lowest BCUT2D eigenvalue weighted by Crippen LogP contribution is -2.16. The van der Waals surface area contributed by atoms with Crippen LogP contribution in [-0.2, 0) is 13.0 Å². The van der Waals surface area contributed by atoms with E-state index >= 15 is 0 Å². The Morgan fingerprint density at radius 1 is 1.08 bits per heavy atom. The first-order valence-electron chi connectivity index (χ1n) is 8.28. The van der Waals surface area contributed by atoms with Crippen molar-refractivity contribution in [2.75, 3.05) is 6.54 Å². The second kappa shape index (κ2) is 6.73. The van der Waals surface area contributed by atoms with Crippen LogP contribution in [0.2, 0.25) is 0 Å². The van der Waals surface area contributed by atoms with E-state index in [4.69, 9.17) is 5.73 Å². The summed E-state index contributed by atoms with van der Waals surface area (Å²) in [6.45, 7) is 5.51. The van der Waals surface area contributed by atoms with Gasteiger partial charge >= 0.3 is 0 Å². The summed E-state index contributed by atoms with van der Waals surface area (Å²) in [5, 5.41) is 1.21. The van der Waals surface area contributed by atoms with Crippen molar-refractivity contribution in [3.63, 3.8) is 0 Å².